The Balaban J connectivity index is 1.46. The highest BCUT2D eigenvalue weighted by Crippen LogP contribution is 2.18. The molecular formula is C23H34N4O2S. The van der Waals surface area contributed by atoms with Crippen LogP contribution in [0.15, 0.2) is 41.4 Å². The number of benzene rings is 1. The molecule has 2 aromatic rings. The predicted octanol–water partition coefficient (Wildman–Crippen LogP) is 3.06. The summed E-state index contributed by atoms with van der Waals surface area (Å²) in [6.07, 6.45) is 0.987. The second-order valence-electron chi connectivity index (χ2n) is 7.60. The first kappa shape index (κ1) is 22.6. The number of rotatable bonds is 9. The average molecular weight is 431 g/mol. The quantitative estimate of drug-likeness (QED) is 0.473. The number of guanidine groups is 1. The van der Waals surface area contributed by atoms with Crippen LogP contribution in [0.3, 0.4) is 0 Å². The van der Waals surface area contributed by atoms with Crippen molar-refractivity contribution in [3.8, 4) is 5.75 Å². The highest BCUT2D eigenvalue weighted by Gasteiger charge is 2.12. The molecule has 1 aromatic heterocycles. The molecule has 1 aliphatic heterocycles. The van der Waals surface area contributed by atoms with Gasteiger partial charge in [-0.1, -0.05) is 18.2 Å². The van der Waals surface area contributed by atoms with E-state index in [1.54, 1.807) is 0 Å². The second-order valence-corrected chi connectivity index (χ2v) is 8.97. The molecule has 0 aliphatic carbocycles. The fraction of sp³-hybridized carbons (Fsp3) is 0.522. The summed E-state index contributed by atoms with van der Waals surface area (Å²) in [6, 6.07) is 12.9. The Hall–Kier alpha value is -2.09. The lowest BCUT2D eigenvalue weighted by Crippen LogP contribution is -2.42. The van der Waals surface area contributed by atoms with E-state index in [-0.39, 0.29) is 0 Å². The summed E-state index contributed by atoms with van der Waals surface area (Å²) < 4.78 is 11.5. The van der Waals surface area contributed by atoms with Gasteiger partial charge in [0.25, 0.3) is 0 Å². The summed E-state index contributed by atoms with van der Waals surface area (Å²) in [7, 11) is 1.81. The molecule has 1 unspecified atom stereocenters. The minimum atomic E-state index is 0.300. The molecule has 2 heterocycles. The fourth-order valence-corrected chi connectivity index (χ4v) is 4.47. The number of nitrogens with zero attached hydrogens (tertiary/aromatic N) is 2. The predicted molar refractivity (Wildman–Crippen MR) is 125 cm³/mol. The van der Waals surface area contributed by atoms with Gasteiger partial charge < -0.3 is 20.1 Å². The Kier molecular flexibility index (Phi) is 8.99. The van der Waals surface area contributed by atoms with Crippen molar-refractivity contribution in [2.75, 3.05) is 46.5 Å². The van der Waals surface area contributed by atoms with Gasteiger partial charge in [0, 0.05) is 61.0 Å². The smallest absolute Gasteiger partial charge is 0.191 e. The molecular weight excluding hydrogens is 396 g/mol. The third-order valence-electron chi connectivity index (χ3n) is 5.10. The van der Waals surface area contributed by atoms with E-state index in [9.17, 15) is 0 Å². The molecule has 0 spiro atoms. The maximum absolute atomic E-state index is 6.09. The zero-order chi connectivity index (χ0) is 21.2. The number of thiophene rings is 1. The minimum Gasteiger partial charge on any atom is -0.492 e. The summed E-state index contributed by atoms with van der Waals surface area (Å²) >= 11 is 1.85. The van der Waals surface area contributed by atoms with Gasteiger partial charge in [0.15, 0.2) is 5.96 Å². The van der Waals surface area contributed by atoms with Crippen LogP contribution in [-0.2, 0) is 17.7 Å². The Morgan fingerprint density at radius 2 is 2.03 bits per heavy atom. The first-order valence-electron chi connectivity index (χ1n) is 10.7. The van der Waals surface area contributed by atoms with Gasteiger partial charge in [-0.15, -0.1) is 11.3 Å². The first-order chi connectivity index (χ1) is 14.6. The van der Waals surface area contributed by atoms with Crippen molar-refractivity contribution in [2.24, 2.45) is 4.99 Å². The van der Waals surface area contributed by atoms with Crippen LogP contribution in [0, 0.1) is 6.92 Å². The van der Waals surface area contributed by atoms with E-state index in [2.05, 4.69) is 52.6 Å². The van der Waals surface area contributed by atoms with Crippen molar-refractivity contribution in [1.82, 2.24) is 15.5 Å². The van der Waals surface area contributed by atoms with Crippen molar-refractivity contribution in [2.45, 2.75) is 32.9 Å². The highest BCUT2D eigenvalue weighted by atomic mass is 32.1. The van der Waals surface area contributed by atoms with Gasteiger partial charge in [-0.25, -0.2) is 0 Å². The van der Waals surface area contributed by atoms with Crippen LogP contribution >= 0.6 is 11.3 Å². The van der Waals surface area contributed by atoms with Crippen LogP contribution in [0.25, 0.3) is 0 Å². The van der Waals surface area contributed by atoms with E-state index in [1.807, 2.05) is 36.6 Å². The molecule has 0 saturated carbocycles. The molecule has 7 heteroatoms. The van der Waals surface area contributed by atoms with Gasteiger partial charge in [0.1, 0.15) is 12.4 Å². The number of hydrogen-bond acceptors (Lipinski definition) is 5. The third-order valence-corrected chi connectivity index (χ3v) is 6.12. The highest BCUT2D eigenvalue weighted by molar-refractivity contribution is 7.11. The SMILES string of the molecule is CN=C(NCc1ccccc1OCCN1CCOCC1)NC(C)Cc1ccc(C)s1. The Bertz CT molecular complexity index is 802. The molecule has 164 valence electrons. The molecule has 1 aliphatic rings. The third kappa shape index (κ3) is 7.31. The van der Waals surface area contributed by atoms with E-state index in [1.165, 1.54) is 9.75 Å². The van der Waals surface area contributed by atoms with Crippen LogP contribution in [0.1, 0.15) is 22.2 Å². The minimum absolute atomic E-state index is 0.300. The van der Waals surface area contributed by atoms with Crippen molar-refractivity contribution in [1.29, 1.82) is 0 Å². The largest absolute Gasteiger partial charge is 0.492 e. The van der Waals surface area contributed by atoms with Gasteiger partial charge in [0.2, 0.25) is 0 Å². The monoisotopic (exact) mass is 430 g/mol. The number of para-hydroxylation sites is 1. The summed E-state index contributed by atoms with van der Waals surface area (Å²) in [6.45, 7) is 10.2. The molecule has 30 heavy (non-hydrogen) atoms. The van der Waals surface area contributed by atoms with Crippen molar-refractivity contribution >= 4 is 17.3 Å². The van der Waals surface area contributed by atoms with Gasteiger partial charge in [-0.2, -0.15) is 0 Å². The average Bonchev–Trinajstić information content (AvgIpc) is 3.17. The summed E-state index contributed by atoms with van der Waals surface area (Å²) in [5.41, 5.74) is 1.13. The number of nitrogens with one attached hydrogen (secondary N) is 2. The molecule has 1 fully saturated rings. The molecule has 3 rings (SSSR count). The van der Waals surface area contributed by atoms with E-state index in [0.29, 0.717) is 19.2 Å². The van der Waals surface area contributed by atoms with Crippen LogP contribution < -0.4 is 15.4 Å². The lowest BCUT2D eigenvalue weighted by Gasteiger charge is -2.26. The van der Waals surface area contributed by atoms with Crippen LogP contribution in [0.4, 0.5) is 0 Å². The van der Waals surface area contributed by atoms with Gasteiger partial charge in [-0.05, 0) is 32.0 Å². The molecule has 6 nitrogen and oxygen atoms in total. The van der Waals surface area contributed by atoms with E-state index >= 15 is 0 Å². The van der Waals surface area contributed by atoms with Crippen LogP contribution in [-0.4, -0.2) is 63.4 Å². The summed E-state index contributed by atoms with van der Waals surface area (Å²) in [5, 5.41) is 6.91. The topological polar surface area (TPSA) is 58.1 Å². The van der Waals surface area contributed by atoms with Crippen LogP contribution in [0.2, 0.25) is 0 Å². The fourth-order valence-electron chi connectivity index (χ4n) is 3.45. The normalized spacial score (nSPS) is 16.3. The van der Waals surface area contributed by atoms with E-state index < -0.39 is 0 Å². The molecule has 1 atom stereocenters. The molecule has 1 aromatic carbocycles. The standard InChI is InChI=1S/C23H34N4O2S/c1-18(16-21-9-8-19(2)30-21)26-23(24-3)25-17-20-6-4-5-7-22(20)29-15-12-27-10-13-28-14-11-27/h4-9,18H,10-17H2,1-3H3,(H2,24,25,26). The van der Waals surface area contributed by atoms with Crippen LogP contribution in [0.5, 0.6) is 5.75 Å². The summed E-state index contributed by atoms with van der Waals surface area (Å²) in [5.74, 6) is 1.73. The zero-order valence-corrected chi connectivity index (χ0v) is 19.1. The number of aryl methyl sites for hydroxylation is 1. The maximum atomic E-state index is 6.09. The van der Waals surface area contributed by atoms with Crippen molar-refractivity contribution < 1.29 is 9.47 Å². The molecule has 0 amide bonds. The number of aliphatic imine (C=N–C) groups is 1. The second kappa shape index (κ2) is 11.9. The van der Waals surface area contributed by atoms with Gasteiger partial charge in [0.05, 0.1) is 13.2 Å². The number of ether oxygens (including phenoxy) is 2. The Labute approximate surface area is 184 Å². The first-order valence-corrected chi connectivity index (χ1v) is 11.5. The molecule has 0 bridgehead atoms. The molecule has 2 N–H and O–H groups in total. The molecule has 0 radical (unpaired) electrons. The zero-order valence-electron chi connectivity index (χ0n) is 18.3. The Morgan fingerprint density at radius 1 is 1.23 bits per heavy atom. The number of hydrogen-bond donors (Lipinski definition) is 2. The van der Waals surface area contributed by atoms with Crippen molar-refractivity contribution in [3.05, 3.63) is 51.7 Å². The molecule has 1 saturated heterocycles. The van der Waals surface area contributed by atoms with Gasteiger partial charge in [-0.3, -0.25) is 9.89 Å². The summed E-state index contributed by atoms with van der Waals surface area (Å²) in [4.78, 5) is 9.51. The lowest BCUT2D eigenvalue weighted by molar-refractivity contribution is 0.0322. The lowest BCUT2D eigenvalue weighted by atomic mass is 10.2. The maximum Gasteiger partial charge on any atom is 0.191 e. The Morgan fingerprint density at radius 3 is 2.77 bits per heavy atom. The van der Waals surface area contributed by atoms with Gasteiger partial charge >= 0.3 is 0 Å². The van der Waals surface area contributed by atoms with Crippen molar-refractivity contribution in [3.63, 3.8) is 0 Å². The number of morpholine rings is 1. The van der Waals surface area contributed by atoms with E-state index in [4.69, 9.17) is 9.47 Å². The van der Waals surface area contributed by atoms with E-state index in [0.717, 1.165) is 56.5 Å².